The summed E-state index contributed by atoms with van der Waals surface area (Å²) in [6.07, 6.45) is 0.886. The van der Waals surface area contributed by atoms with Gasteiger partial charge >= 0.3 is 0 Å². The molecule has 2 atom stereocenters. The highest BCUT2D eigenvalue weighted by molar-refractivity contribution is 5.81. The van der Waals surface area contributed by atoms with Gasteiger partial charge < -0.3 is 15.0 Å². The zero-order chi connectivity index (χ0) is 15.1. The van der Waals surface area contributed by atoms with Crippen LogP contribution in [0, 0.1) is 0 Å². The van der Waals surface area contributed by atoms with Crippen LogP contribution in [0.3, 0.4) is 0 Å². The maximum Gasteiger partial charge on any atom is 0.239 e. The third-order valence-electron chi connectivity index (χ3n) is 3.46. The average molecular weight is 278 g/mol. The van der Waals surface area contributed by atoms with Gasteiger partial charge in [0.05, 0.1) is 13.2 Å². The van der Waals surface area contributed by atoms with E-state index in [-0.39, 0.29) is 18.0 Å². The van der Waals surface area contributed by atoms with Gasteiger partial charge in [0.25, 0.3) is 0 Å². The monoisotopic (exact) mass is 278 g/mol. The fourth-order valence-electron chi connectivity index (χ4n) is 2.16. The molecule has 1 amide bonds. The summed E-state index contributed by atoms with van der Waals surface area (Å²) < 4.78 is 5.14. The molecular weight excluding hydrogens is 252 g/mol. The molecule has 0 bridgehead atoms. The van der Waals surface area contributed by atoms with E-state index in [1.165, 1.54) is 5.56 Å². The van der Waals surface area contributed by atoms with E-state index in [1.54, 1.807) is 12.0 Å². The van der Waals surface area contributed by atoms with Crippen LogP contribution in [0.15, 0.2) is 24.3 Å². The first kappa shape index (κ1) is 16.5. The SMILES string of the molecule is CCN(C)C(=O)C(C)NC(C)Cc1ccc(OC)cc1. The maximum absolute atomic E-state index is 12.0. The summed E-state index contributed by atoms with van der Waals surface area (Å²) in [6.45, 7) is 6.72. The summed E-state index contributed by atoms with van der Waals surface area (Å²) in [5, 5.41) is 3.35. The second kappa shape index (κ2) is 7.90. The molecule has 1 aromatic rings. The Labute approximate surface area is 122 Å². The maximum atomic E-state index is 12.0. The van der Waals surface area contributed by atoms with Crippen LogP contribution < -0.4 is 10.1 Å². The van der Waals surface area contributed by atoms with Crippen molar-refractivity contribution >= 4 is 5.91 Å². The molecule has 1 aromatic carbocycles. The van der Waals surface area contributed by atoms with Crippen molar-refractivity contribution < 1.29 is 9.53 Å². The normalized spacial score (nSPS) is 13.7. The van der Waals surface area contributed by atoms with E-state index in [0.717, 1.165) is 18.7 Å². The Hall–Kier alpha value is -1.55. The number of likely N-dealkylation sites (N-methyl/N-ethyl adjacent to an activating group) is 1. The highest BCUT2D eigenvalue weighted by atomic mass is 16.5. The Balaban J connectivity index is 2.49. The lowest BCUT2D eigenvalue weighted by Gasteiger charge is -2.24. The van der Waals surface area contributed by atoms with Gasteiger partial charge in [0.2, 0.25) is 5.91 Å². The molecule has 0 aliphatic rings. The van der Waals surface area contributed by atoms with Crippen LogP contribution in [0.2, 0.25) is 0 Å². The number of methoxy groups -OCH3 is 1. The molecular formula is C16H26N2O2. The number of amides is 1. The highest BCUT2D eigenvalue weighted by Gasteiger charge is 2.18. The Morgan fingerprint density at radius 3 is 2.40 bits per heavy atom. The van der Waals surface area contributed by atoms with E-state index < -0.39 is 0 Å². The van der Waals surface area contributed by atoms with Crippen molar-refractivity contribution in [2.24, 2.45) is 0 Å². The molecule has 0 radical (unpaired) electrons. The van der Waals surface area contributed by atoms with Crippen LogP contribution in [0.1, 0.15) is 26.3 Å². The zero-order valence-electron chi connectivity index (χ0n) is 13.1. The van der Waals surface area contributed by atoms with E-state index in [4.69, 9.17) is 4.74 Å². The van der Waals surface area contributed by atoms with E-state index >= 15 is 0 Å². The number of nitrogens with one attached hydrogen (secondary N) is 1. The predicted molar refractivity (Wildman–Crippen MR) is 82.1 cm³/mol. The second-order valence-corrected chi connectivity index (χ2v) is 5.19. The number of carbonyl (C=O) groups excluding carboxylic acids is 1. The lowest BCUT2D eigenvalue weighted by atomic mass is 10.1. The minimum Gasteiger partial charge on any atom is -0.497 e. The summed E-state index contributed by atoms with van der Waals surface area (Å²) >= 11 is 0. The standard InChI is InChI=1S/C16H26N2O2/c1-6-18(4)16(19)13(3)17-12(2)11-14-7-9-15(20-5)10-8-14/h7-10,12-13,17H,6,11H2,1-5H3. The van der Waals surface area contributed by atoms with Crippen LogP contribution in [-0.4, -0.2) is 43.6 Å². The van der Waals surface area contributed by atoms with Gasteiger partial charge in [-0.3, -0.25) is 4.79 Å². The molecule has 112 valence electrons. The molecule has 1 rings (SSSR count). The molecule has 0 saturated carbocycles. The first-order valence-corrected chi connectivity index (χ1v) is 7.11. The van der Waals surface area contributed by atoms with Gasteiger partial charge in [-0.1, -0.05) is 12.1 Å². The number of hydrogen-bond donors (Lipinski definition) is 1. The third kappa shape index (κ3) is 4.85. The fraction of sp³-hybridized carbons (Fsp3) is 0.562. The third-order valence-corrected chi connectivity index (χ3v) is 3.46. The zero-order valence-corrected chi connectivity index (χ0v) is 13.1. The van der Waals surface area contributed by atoms with E-state index in [2.05, 4.69) is 24.4 Å². The molecule has 0 fully saturated rings. The highest BCUT2D eigenvalue weighted by Crippen LogP contribution is 2.12. The molecule has 2 unspecified atom stereocenters. The molecule has 0 aromatic heterocycles. The lowest BCUT2D eigenvalue weighted by molar-refractivity contribution is -0.131. The van der Waals surface area contributed by atoms with Crippen LogP contribution >= 0.6 is 0 Å². The first-order valence-electron chi connectivity index (χ1n) is 7.11. The molecule has 0 aliphatic carbocycles. The topological polar surface area (TPSA) is 41.6 Å². The summed E-state index contributed by atoms with van der Waals surface area (Å²) in [5.74, 6) is 0.997. The van der Waals surface area contributed by atoms with Crippen molar-refractivity contribution in [3.05, 3.63) is 29.8 Å². The van der Waals surface area contributed by atoms with E-state index in [9.17, 15) is 4.79 Å². The van der Waals surface area contributed by atoms with Gasteiger partial charge in [0.15, 0.2) is 0 Å². The largest absolute Gasteiger partial charge is 0.497 e. The Kier molecular flexibility index (Phi) is 6.52. The molecule has 4 nitrogen and oxygen atoms in total. The fourth-order valence-corrected chi connectivity index (χ4v) is 2.16. The van der Waals surface area contributed by atoms with Crippen LogP contribution in [0.5, 0.6) is 5.75 Å². The van der Waals surface area contributed by atoms with Crippen LogP contribution in [0.4, 0.5) is 0 Å². The summed E-state index contributed by atoms with van der Waals surface area (Å²) in [5.41, 5.74) is 1.23. The van der Waals surface area contributed by atoms with Crippen LogP contribution in [-0.2, 0) is 11.2 Å². The van der Waals surface area contributed by atoms with Gasteiger partial charge in [-0.15, -0.1) is 0 Å². The van der Waals surface area contributed by atoms with Crippen molar-refractivity contribution in [3.8, 4) is 5.75 Å². The first-order chi connectivity index (χ1) is 9.47. The van der Waals surface area contributed by atoms with Gasteiger partial charge in [0.1, 0.15) is 5.75 Å². The molecule has 20 heavy (non-hydrogen) atoms. The van der Waals surface area contributed by atoms with Crippen molar-refractivity contribution in [1.29, 1.82) is 0 Å². The smallest absolute Gasteiger partial charge is 0.239 e. The molecule has 0 spiro atoms. The number of rotatable bonds is 7. The molecule has 1 N–H and O–H groups in total. The van der Waals surface area contributed by atoms with Crippen molar-refractivity contribution in [3.63, 3.8) is 0 Å². The Morgan fingerprint density at radius 2 is 1.90 bits per heavy atom. The molecule has 4 heteroatoms. The minimum atomic E-state index is -0.159. The molecule has 0 saturated heterocycles. The number of benzene rings is 1. The van der Waals surface area contributed by atoms with Gasteiger partial charge in [-0.25, -0.2) is 0 Å². The van der Waals surface area contributed by atoms with Gasteiger partial charge in [-0.05, 0) is 44.9 Å². The summed E-state index contributed by atoms with van der Waals surface area (Å²) in [7, 11) is 3.49. The van der Waals surface area contributed by atoms with Crippen LogP contribution in [0.25, 0.3) is 0 Å². The molecule has 0 heterocycles. The average Bonchev–Trinajstić information content (AvgIpc) is 2.46. The number of carbonyl (C=O) groups is 1. The van der Waals surface area contributed by atoms with E-state index in [0.29, 0.717) is 0 Å². The number of hydrogen-bond acceptors (Lipinski definition) is 3. The second-order valence-electron chi connectivity index (χ2n) is 5.19. The van der Waals surface area contributed by atoms with Crippen molar-refractivity contribution in [2.45, 2.75) is 39.3 Å². The minimum absolute atomic E-state index is 0.133. The summed E-state index contributed by atoms with van der Waals surface area (Å²) in [6, 6.07) is 8.12. The summed E-state index contributed by atoms with van der Waals surface area (Å²) in [4.78, 5) is 13.7. The van der Waals surface area contributed by atoms with Gasteiger partial charge in [0, 0.05) is 19.6 Å². The predicted octanol–water partition coefficient (Wildman–Crippen LogP) is 2.08. The quantitative estimate of drug-likeness (QED) is 0.830. The van der Waals surface area contributed by atoms with Crippen molar-refractivity contribution in [2.75, 3.05) is 20.7 Å². The number of ether oxygens (including phenoxy) is 1. The Bertz CT molecular complexity index is 417. The van der Waals surface area contributed by atoms with Crippen molar-refractivity contribution in [1.82, 2.24) is 10.2 Å². The lowest BCUT2D eigenvalue weighted by Crippen LogP contribution is -2.46. The number of nitrogens with zero attached hydrogens (tertiary/aromatic N) is 1. The Morgan fingerprint density at radius 1 is 1.30 bits per heavy atom. The van der Waals surface area contributed by atoms with Gasteiger partial charge in [-0.2, -0.15) is 0 Å². The van der Waals surface area contributed by atoms with E-state index in [1.807, 2.05) is 33.0 Å². The molecule has 0 aliphatic heterocycles.